The summed E-state index contributed by atoms with van der Waals surface area (Å²) in [6.45, 7) is 5.84. The number of non-ortho nitro benzene ring substituents is 1. The lowest BCUT2D eigenvalue weighted by Crippen LogP contribution is -2.08. The summed E-state index contributed by atoms with van der Waals surface area (Å²) in [5, 5.41) is 19.2. The first kappa shape index (κ1) is 17.2. The monoisotopic (exact) mass is 322 g/mol. The number of azo groups is 1. The summed E-state index contributed by atoms with van der Waals surface area (Å²) in [7, 11) is 0. The summed E-state index contributed by atoms with van der Waals surface area (Å²) >= 11 is 0. The quantitative estimate of drug-likeness (QED) is 0.336. The van der Waals surface area contributed by atoms with Gasteiger partial charge in [-0.3, -0.25) is 10.1 Å². The van der Waals surface area contributed by atoms with Crippen LogP contribution in [-0.2, 0) is 0 Å². The maximum absolute atomic E-state index is 10.8. The van der Waals surface area contributed by atoms with E-state index in [0.717, 1.165) is 0 Å². The molecule has 0 unspecified atom stereocenters. The van der Waals surface area contributed by atoms with Gasteiger partial charge in [0.05, 0.1) is 16.1 Å². The molecule has 0 aliphatic rings. The van der Waals surface area contributed by atoms with Gasteiger partial charge in [0.1, 0.15) is 0 Å². The second-order valence-electron chi connectivity index (χ2n) is 6.08. The molecular formula is C18H18N4O2. The van der Waals surface area contributed by atoms with Crippen LogP contribution in [0.3, 0.4) is 0 Å². The van der Waals surface area contributed by atoms with E-state index in [2.05, 4.69) is 21.1 Å². The number of benzene rings is 2. The van der Waals surface area contributed by atoms with Crippen LogP contribution in [0.1, 0.15) is 26.3 Å². The van der Waals surface area contributed by atoms with Crippen molar-refractivity contribution in [3.05, 3.63) is 70.3 Å². The average molecular weight is 322 g/mol. The Morgan fingerprint density at radius 1 is 1.04 bits per heavy atom. The Morgan fingerprint density at radius 3 is 2.21 bits per heavy atom. The second kappa shape index (κ2) is 7.44. The van der Waals surface area contributed by atoms with Crippen molar-refractivity contribution < 1.29 is 4.92 Å². The van der Waals surface area contributed by atoms with Crippen molar-refractivity contribution in [3.8, 4) is 0 Å². The van der Waals surface area contributed by atoms with Gasteiger partial charge in [0.2, 0.25) is 0 Å². The lowest BCUT2D eigenvalue weighted by atomic mass is 10.1. The number of hydrogen-bond donors (Lipinski definition) is 0. The van der Waals surface area contributed by atoms with Crippen LogP contribution in [0.2, 0.25) is 0 Å². The molecular weight excluding hydrogens is 304 g/mol. The number of hydrogen-bond acceptors (Lipinski definition) is 5. The Morgan fingerprint density at radius 2 is 1.67 bits per heavy atom. The molecule has 6 heteroatoms. The number of nitro groups is 1. The van der Waals surface area contributed by atoms with Gasteiger partial charge in [-0.15, -0.1) is 10.2 Å². The highest BCUT2D eigenvalue weighted by molar-refractivity contribution is 5.89. The lowest BCUT2D eigenvalue weighted by molar-refractivity contribution is -0.384. The van der Waals surface area contributed by atoms with E-state index in [1.165, 1.54) is 12.1 Å². The Kier molecular flexibility index (Phi) is 5.35. The van der Waals surface area contributed by atoms with Crippen molar-refractivity contribution >= 4 is 22.9 Å². The molecule has 0 aliphatic carbocycles. The molecule has 0 aliphatic heterocycles. The Balaban J connectivity index is 2.42. The van der Waals surface area contributed by atoms with E-state index in [1.54, 1.807) is 12.1 Å². The molecule has 2 aromatic rings. The molecule has 0 spiro atoms. The van der Waals surface area contributed by atoms with Crippen molar-refractivity contribution in [2.24, 2.45) is 15.2 Å². The first-order chi connectivity index (χ1) is 11.3. The van der Waals surface area contributed by atoms with Crippen LogP contribution >= 0.6 is 0 Å². The molecule has 6 nitrogen and oxygen atoms in total. The van der Waals surface area contributed by atoms with Crippen LogP contribution in [0.5, 0.6) is 0 Å². The zero-order chi connectivity index (χ0) is 17.6. The third-order valence-electron chi connectivity index (χ3n) is 2.87. The highest BCUT2D eigenvalue weighted by atomic mass is 16.6. The Hall–Kier alpha value is -3.11. The van der Waals surface area contributed by atoms with Crippen LogP contribution < -0.4 is 0 Å². The zero-order valence-corrected chi connectivity index (χ0v) is 13.8. The van der Waals surface area contributed by atoms with Gasteiger partial charge in [-0.25, -0.2) is 4.99 Å². The average Bonchev–Trinajstić information content (AvgIpc) is 2.55. The largest absolute Gasteiger partial charge is 0.269 e. The molecule has 0 fully saturated rings. The third-order valence-corrected chi connectivity index (χ3v) is 2.87. The molecule has 24 heavy (non-hydrogen) atoms. The second-order valence-corrected chi connectivity index (χ2v) is 6.08. The van der Waals surface area contributed by atoms with Crippen LogP contribution in [0, 0.1) is 10.1 Å². The summed E-state index contributed by atoms with van der Waals surface area (Å²) in [5.74, 6) is 2.91. The summed E-state index contributed by atoms with van der Waals surface area (Å²) in [4.78, 5) is 14.7. The number of rotatable bonds is 4. The molecule has 0 saturated heterocycles. The Bertz CT molecular complexity index is 797. The van der Waals surface area contributed by atoms with Crippen LogP contribution in [0.4, 0.5) is 11.4 Å². The van der Waals surface area contributed by atoms with Crippen molar-refractivity contribution in [3.63, 3.8) is 0 Å². The molecule has 0 saturated carbocycles. The summed E-state index contributed by atoms with van der Waals surface area (Å²) in [6.07, 6.45) is 0. The summed E-state index contributed by atoms with van der Waals surface area (Å²) in [6, 6.07) is 15.4. The highest BCUT2D eigenvalue weighted by Gasteiger charge is 2.09. The lowest BCUT2D eigenvalue weighted by Gasteiger charge is -2.08. The minimum atomic E-state index is -0.443. The number of aliphatic imine (C=N–C) groups is 1. The fourth-order valence-electron chi connectivity index (χ4n) is 1.71. The molecule has 0 N–H and O–H groups in total. The van der Waals surface area contributed by atoms with Crippen molar-refractivity contribution in [1.29, 1.82) is 0 Å². The first-order valence-corrected chi connectivity index (χ1v) is 7.42. The van der Waals surface area contributed by atoms with Gasteiger partial charge >= 0.3 is 0 Å². The third kappa shape index (κ3) is 5.26. The minimum absolute atomic E-state index is 0.0193. The van der Waals surface area contributed by atoms with E-state index < -0.39 is 4.92 Å². The molecule has 0 amide bonds. The summed E-state index contributed by atoms with van der Waals surface area (Å²) < 4.78 is 0. The zero-order valence-electron chi connectivity index (χ0n) is 13.8. The standard InChI is InChI=1S/C18H18N4O2/c1-18(2,3)19-13-17(21-20-15-7-5-4-6-8-15)14-9-11-16(12-10-14)22(23)24/h4-12H,1-3H3. The van der Waals surface area contributed by atoms with Gasteiger partial charge in [0, 0.05) is 23.6 Å². The smallest absolute Gasteiger partial charge is 0.258 e. The molecule has 2 aromatic carbocycles. The fourth-order valence-corrected chi connectivity index (χ4v) is 1.71. The van der Waals surface area contributed by atoms with Gasteiger partial charge in [-0.2, -0.15) is 0 Å². The van der Waals surface area contributed by atoms with Crippen LogP contribution in [-0.4, -0.2) is 16.3 Å². The molecule has 122 valence electrons. The van der Waals surface area contributed by atoms with Gasteiger partial charge in [-0.1, -0.05) is 18.2 Å². The van der Waals surface area contributed by atoms with Gasteiger partial charge in [0.25, 0.3) is 5.69 Å². The van der Waals surface area contributed by atoms with E-state index in [1.807, 2.05) is 51.1 Å². The normalized spacial score (nSPS) is 11.1. The molecule has 0 heterocycles. The number of nitro benzene ring substituents is 1. The topological polar surface area (TPSA) is 80.2 Å². The van der Waals surface area contributed by atoms with Crippen molar-refractivity contribution in [2.45, 2.75) is 26.3 Å². The SMILES string of the molecule is CC(C)(C)N=C=C(N=Nc1ccccc1)c1ccc([N+](=O)[O-])cc1. The van der Waals surface area contributed by atoms with E-state index in [0.29, 0.717) is 16.9 Å². The molecule has 2 rings (SSSR count). The van der Waals surface area contributed by atoms with E-state index in [9.17, 15) is 10.1 Å². The van der Waals surface area contributed by atoms with Crippen molar-refractivity contribution in [1.82, 2.24) is 0 Å². The van der Waals surface area contributed by atoms with E-state index >= 15 is 0 Å². The van der Waals surface area contributed by atoms with E-state index in [-0.39, 0.29) is 11.2 Å². The highest BCUT2D eigenvalue weighted by Crippen LogP contribution is 2.21. The number of nitrogens with zero attached hydrogens (tertiary/aromatic N) is 4. The first-order valence-electron chi connectivity index (χ1n) is 7.42. The maximum Gasteiger partial charge on any atom is 0.269 e. The Labute approximate surface area is 140 Å². The van der Waals surface area contributed by atoms with Crippen LogP contribution in [0.15, 0.2) is 69.8 Å². The van der Waals surface area contributed by atoms with Gasteiger partial charge in [0.15, 0.2) is 5.70 Å². The predicted octanol–water partition coefficient (Wildman–Crippen LogP) is 5.19. The summed E-state index contributed by atoms with van der Waals surface area (Å²) in [5.41, 5.74) is 1.49. The van der Waals surface area contributed by atoms with Gasteiger partial charge in [-0.05, 0) is 45.0 Å². The minimum Gasteiger partial charge on any atom is -0.258 e. The predicted molar refractivity (Wildman–Crippen MR) is 94.6 cm³/mol. The molecule has 0 atom stereocenters. The molecule has 0 bridgehead atoms. The van der Waals surface area contributed by atoms with Gasteiger partial charge < -0.3 is 0 Å². The van der Waals surface area contributed by atoms with Crippen LogP contribution in [0.25, 0.3) is 5.70 Å². The molecule has 0 radical (unpaired) electrons. The van der Waals surface area contributed by atoms with E-state index in [4.69, 9.17) is 0 Å². The maximum atomic E-state index is 10.8. The van der Waals surface area contributed by atoms with Crippen molar-refractivity contribution in [2.75, 3.05) is 0 Å². The fraction of sp³-hybridized carbons (Fsp3) is 0.222. The molecule has 0 aromatic heterocycles.